The first-order chi connectivity index (χ1) is 12.8. The third-order valence-electron chi connectivity index (χ3n) is 4.48. The van der Waals surface area contributed by atoms with Gasteiger partial charge >= 0.3 is 6.18 Å². The molecular formula is C16H17F3N6O2. The molecule has 2 aromatic rings. The van der Waals surface area contributed by atoms with Gasteiger partial charge in [-0.25, -0.2) is 4.98 Å². The Labute approximate surface area is 152 Å². The smallest absolute Gasteiger partial charge is 0.345 e. The van der Waals surface area contributed by atoms with E-state index in [1.54, 1.807) is 6.07 Å². The number of alkyl halides is 3. The number of hydrogen-bond acceptors (Lipinski definition) is 5. The van der Waals surface area contributed by atoms with Gasteiger partial charge in [0.2, 0.25) is 5.91 Å². The summed E-state index contributed by atoms with van der Waals surface area (Å²) in [5, 5.41) is 6.00. The molecule has 0 bridgehead atoms. The maximum absolute atomic E-state index is 12.6. The van der Waals surface area contributed by atoms with Gasteiger partial charge in [-0.2, -0.15) is 18.3 Å². The second kappa shape index (κ2) is 7.33. The molecule has 3 heterocycles. The number of nitrogens with zero attached hydrogens (tertiary/aromatic N) is 5. The van der Waals surface area contributed by atoms with Crippen LogP contribution >= 0.6 is 0 Å². The third-order valence-corrected chi connectivity index (χ3v) is 4.48. The predicted molar refractivity (Wildman–Crippen MR) is 86.4 cm³/mol. The van der Waals surface area contributed by atoms with Gasteiger partial charge in [0.15, 0.2) is 0 Å². The van der Waals surface area contributed by atoms with Gasteiger partial charge < -0.3 is 10.2 Å². The van der Waals surface area contributed by atoms with Gasteiger partial charge in [0.1, 0.15) is 17.8 Å². The Kier molecular flexibility index (Phi) is 5.10. The van der Waals surface area contributed by atoms with Gasteiger partial charge in [0.25, 0.3) is 5.91 Å². The molecule has 0 aromatic carbocycles. The Bertz CT molecular complexity index is 786. The molecular weight excluding hydrogens is 365 g/mol. The lowest BCUT2D eigenvalue weighted by Crippen LogP contribution is -2.57. The molecule has 11 heteroatoms. The van der Waals surface area contributed by atoms with E-state index in [-0.39, 0.29) is 37.5 Å². The topological polar surface area (TPSA) is 93.0 Å². The van der Waals surface area contributed by atoms with E-state index >= 15 is 0 Å². The van der Waals surface area contributed by atoms with Crippen molar-refractivity contribution in [3.63, 3.8) is 0 Å². The molecule has 1 fully saturated rings. The highest BCUT2D eigenvalue weighted by atomic mass is 19.4. The number of aromatic nitrogens is 4. The highest BCUT2D eigenvalue weighted by Crippen LogP contribution is 2.31. The molecule has 2 amide bonds. The van der Waals surface area contributed by atoms with Crippen molar-refractivity contribution in [2.75, 3.05) is 19.6 Å². The summed E-state index contributed by atoms with van der Waals surface area (Å²) >= 11 is 0. The van der Waals surface area contributed by atoms with E-state index in [9.17, 15) is 22.8 Å². The first kappa shape index (κ1) is 18.8. The van der Waals surface area contributed by atoms with Crippen molar-refractivity contribution in [3.05, 3.63) is 42.7 Å². The SMILES string of the molecule is O=C(c1cnccn1)N1CCC(C(=O)NCC(F)(F)F)(n2cccn2)CC1. The van der Waals surface area contributed by atoms with Crippen LogP contribution in [-0.4, -0.2) is 62.3 Å². The van der Waals surface area contributed by atoms with Crippen LogP contribution in [0.15, 0.2) is 37.1 Å². The minimum absolute atomic E-state index is 0.129. The summed E-state index contributed by atoms with van der Waals surface area (Å²) in [6.07, 6.45) is 2.92. The molecule has 1 saturated heterocycles. The standard InChI is InChI=1S/C16H17F3N6O2/c17-16(18,19)11-22-14(27)15(25-7-1-4-23-25)2-8-24(9-3-15)13(26)12-10-20-5-6-21-12/h1,4-7,10H,2-3,8-9,11H2,(H,22,27). The number of rotatable bonds is 4. The molecule has 27 heavy (non-hydrogen) atoms. The minimum Gasteiger partial charge on any atom is -0.345 e. The van der Waals surface area contributed by atoms with Crippen LogP contribution in [0.25, 0.3) is 0 Å². The Morgan fingerprint density at radius 3 is 2.48 bits per heavy atom. The average Bonchev–Trinajstić information content (AvgIpc) is 3.21. The summed E-state index contributed by atoms with van der Waals surface area (Å²) in [5.74, 6) is -1.11. The van der Waals surface area contributed by atoms with E-state index in [2.05, 4.69) is 15.1 Å². The Morgan fingerprint density at radius 1 is 1.19 bits per heavy atom. The quantitative estimate of drug-likeness (QED) is 0.851. The molecule has 2 aromatic heterocycles. The van der Waals surface area contributed by atoms with Crippen molar-refractivity contribution in [1.29, 1.82) is 0 Å². The molecule has 0 unspecified atom stereocenters. The highest BCUT2D eigenvalue weighted by molar-refractivity contribution is 5.92. The molecule has 1 aliphatic rings. The fourth-order valence-corrected chi connectivity index (χ4v) is 3.08. The summed E-state index contributed by atoms with van der Waals surface area (Å²) in [6, 6.07) is 1.59. The molecule has 0 aliphatic carbocycles. The van der Waals surface area contributed by atoms with E-state index < -0.39 is 24.2 Å². The molecule has 1 N–H and O–H groups in total. The Hall–Kier alpha value is -2.98. The predicted octanol–water partition coefficient (Wildman–Crippen LogP) is 0.983. The molecule has 0 spiro atoms. The number of carbonyl (C=O) groups is 2. The number of amides is 2. The fraction of sp³-hybridized carbons (Fsp3) is 0.438. The van der Waals surface area contributed by atoms with Crippen LogP contribution in [-0.2, 0) is 10.3 Å². The lowest BCUT2D eigenvalue weighted by atomic mass is 9.86. The van der Waals surface area contributed by atoms with Crippen molar-refractivity contribution in [2.45, 2.75) is 24.6 Å². The van der Waals surface area contributed by atoms with E-state index in [1.807, 2.05) is 5.32 Å². The first-order valence-electron chi connectivity index (χ1n) is 8.22. The van der Waals surface area contributed by atoms with Gasteiger partial charge in [-0.15, -0.1) is 0 Å². The summed E-state index contributed by atoms with van der Waals surface area (Å²) in [4.78, 5) is 34.4. The van der Waals surface area contributed by atoms with Crippen LogP contribution < -0.4 is 5.32 Å². The van der Waals surface area contributed by atoms with Crippen molar-refractivity contribution in [2.24, 2.45) is 0 Å². The summed E-state index contributed by atoms with van der Waals surface area (Å²) in [6.45, 7) is -1.07. The second-order valence-electron chi connectivity index (χ2n) is 6.16. The van der Waals surface area contributed by atoms with Gasteiger partial charge in [0, 0.05) is 37.9 Å². The van der Waals surface area contributed by atoms with Crippen LogP contribution in [0.3, 0.4) is 0 Å². The number of halogens is 3. The highest BCUT2D eigenvalue weighted by Gasteiger charge is 2.45. The summed E-state index contributed by atoms with van der Waals surface area (Å²) < 4.78 is 38.9. The van der Waals surface area contributed by atoms with E-state index in [0.29, 0.717) is 0 Å². The van der Waals surface area contributed by atoms with E-state index in [4.69, 9.17) is 0 Å². The Morgan fingerprint density at radius 2 is 1.93 bits per heavy atom. The molecule has 1 aliphatic heterocycles. The van der Waals surface area contributed by atoms with Crippen LogP contribution in [0.1, 0.15) is 23.3 Å². The lowest BCUT2D eigenvalue weighted by molar-refractivity contribution is -0.146. The third kappa shape index (κ3) is 4.07. The van der Waals surface area contributed by atoms with Crippen molar-refractivity contribution < 1.29 is 22.8 Å². The molecule has 144 valence electrons. The summed E-state index contributed by atoms with van der Waals surface area (Å²) in [7, 11) is 0. The van der Waals surface area contributed by atoms with Crippen LogP contribution in [0.4, 0.5) is 13.2 Å². The number of nitrogens with one attached hydrogen (secondary N) is 1. The molecule has 0 radical (unpaired) electrons. The van der Waals surface area contributed by atoms with E-state index in [0.717, 1.165) is 0 Å². The van der Waals surface area contributed by atoms with Crippen LogP contribution in [0.2, 0.25) is 0 Å². The minimum atomic E-state index is -4.51. The van der Waals surface area contributed by atoms with Gasteiger partial charge in [-0.3, -0.25) is 19.3 Å². The maximum atomic E-state index is 12.6. The van der Waals surface area contributed by atoms with Gasteiger partial charge in [-0.05, 0) is 18.9 Å². The van der Waals surface area contributed by atoms with Gasteiger partial charge in [-0.1, -0.05) is 0 Å². The first-order valence-corrected chi connectivity index (χ1v) is 8.22. The normalized spacial score (nSPS) is 16.8. The van der Waals surface area contributed by atoms with Crippen molar-refractivity contribution in [3.8, 4) is 0 Å². The zero-order valence-corrected chi connectivity index (χ0v) is 14.2. The number of hydrogen-bond donors (Lipinski definition) is 1. The molecule has 0 atom stereocenters. The zero-order chi connectivity index (χ0) is 19.5. The van der Waals surface area contributed by atoms with Crippen LogP contribution in [0, 0.1) is 0 Å². The number of carbonyl (C=O) groups excluding carboxylic acids is 2. The number of likely N-dealkylation sites (tertiary alicyclic amines) is 1. The second-order valence-corrected chi connectivity index (χ2v) is 6.16. The monoisotopic (exact) mass is 382 g/mol. The molecule has 3 rings (SSSR count). The maximum Gasteiger partial charge on any atom is 0.405 e. The number of piperidine rings is 1. The van der Waals surface area contributed by atoms with Crippen LogP contribution in [0.5, 0.6) is 0 Å². The zero-order valence-electron chi connectivity index (χ0n) is 14.2. The Balaban J connectivity index is 1.75. The van der Waals surface area contributed by atoms with Crippen molar-refractivity contribution >= 4 is 11.8 Å². The largest absolute Gasteiger partial charge is 0.405 e. The lowest BCUT2D eigenvalue weighted by Gasteiger charge is -2.40. The molecule has 8 nitrogen and oxygen atoms in total. The average molecular weight is 382 g/mol. The van der Waals surface area contributed by atoms with E-state index in [1.165, 1.54) is 40.6 Å². The van der Waals surface area contributed by atoms with Gasteiger partial charge in [0.05, 0.1) is 6.20 Å². The molecule has 0 saturated carbocycles. The summed E-state index contributed by atoms with van der Waals surface area (Å²) in [5.41, 5.74) is -1.11. The van der Waals surface area contributed by atoms with Crippen molar-refractivity contribution in [1.82, 2.24) is 30.0 Å². The fourth-order valence-electron chi connectivity index (χ4n) is 3.08.